The molecule has 19 heavy (non-hydrogen) atoms. The van der Waals surface area contributed by atoms with Crippen molar-refractivity contribution in [2.75, 3.05) is 0 Å². The van der Waals surface area contributed by atoms with E-state index in [0.717, 1.165) is 36.5 Å². The number of aliphatic hydroxyl groups is 1. The highest BCUT2D eigenvalue weighted by atomic mass is 16.5. The number of ether oxygens (including phenoxy) is 1. The van der Waals surface area contributed by atoms with Crippen molar-refractivity contribution in [2.24, 2.45) is 5.92 Å². The number of rotatable bonds is 2. The minimum absolute atomic E-state index is 0.293. The smallest absolute Gasteiger partial charge is 0.120 e. The van der Waals surface area contributed by atoms with Gasteiger partial charge in [0.2, 0.25) is 0 Å². The molecule has 1 aromatic carbocycles. The number of hydrogen-bond donors (Lipinski definition) is 1. The average Bonchev–Trinajstić information content (AvgIpc) is 2.42. The van der Waals surface area contributed by atoms with E-state index < -0.39 is 0 Å². The Bertz CT molecular complexity index is 433. The van der Waals surface area contributed by atoms with E-state index in [1.54, 1.807) is 0 Å². The topological polar surface area (TPSA) is 29.5 Å². The van der Waals surface area contributed by atoms with Gasteiger partial charge in [-0.2, -0.15) is 0 Å². The fourth-order valence-electron chi connectivity index (χ4n) is 3.37. The number of aryl methyl sites for hydroxylation is 1. The third kappa shape index (κ3) is 2.94. The van der Waals surface area contributed by atoms with Crippen LogP contribution in [0.2, 0.25) is 0 Å². The van der Waals surface area contributed by atoms with E-state index >= 15 is 0 Å². The summed E-state index contributed by atoms with van der Waals surface area (Å²) >= 11 is 0. The summed E-state index contributed by atoms with van der Waals surface area (Å²) < 4.78 is 6.11. The molecule has 0 amide bonds. The van der Waals surface area contributed by atoms with Crippen molar-refractivity contribution in [3.8, 4) is 5.75 Å². The molecule has 1 aromatic rings. The molecule has 1 saturated carbocycles. The van der Waals surface area contributed by atoms with Crippen LogP contribution >= 0.6 is 0 Å². The zero-order valence-corrected chi connectivity index (χ0v) is 11.8. The first-order valence-electron chi connectivity index (χ1n) is 7.70. The summed E-state index contributed by atoms with van der Waals surface area (Å²) in [6.07, 6.45) is 8.03. The van der Waals surface area contributed by atoms with E-state index in [4.69, 9.17) is 4.74 Å². The van der Waals surface area contributed by atoms with Crippen LogP contribution in [0.4, 0.5) is 0 Å². The standard InChI is InChI=1S/C17H24O2/c1-12-5-8-14(9-6-12)19-15-10-7-13-3-2-4-17(18)16(13)11-15/h7,10-12,14,17-18H,2-6,8-9H2,1H3. The van der Waals surface area contributed by atoms with Crippen molar-refractivity contribution in [2.45, 2.75) is 64.1 Å². The van der Waals surface area contributed by atoms with Crippen molar-refractivity contribution in [3.05, 3.63) is 29.3 Å². The largest absolute Gasteiger partial charge is 0.490 e. The van der Waals surface area contributed by atoms with E-state index in [2.05, 4.69) is 25.1 Å². The highest BCUT2D eigenvalue weighted by Gasteiger charge is 2.22. The minimum Gasteiger partial charge on any atom is -0.490 e. The highest BCUT2D eigenvalue weighted by molar-refractivity contribution is 5.38. The van der Waals surface area contributed by atoms with Crippen LogP contribution in [0.15, 0.2) is 18.2 Å². The molecule has 0 saturated heterocycles. The van der Waals surface area contributed by atoms with Gasteiger partial charge in [-0.1, -0.05) is 13.0 Å². The molecule has 2 nitrogen and oxygen atoms in total. The zero-order valence-electron chi connectivity index (χ0n) is 11.8. The van der Waals surface area contributed by atoms with E-state index in [1.165, 1.54) is 31.2 Å². The molecule has 0 aromatic heterocycles. The summed E-state index contributed by atoms with van der Waals surface area (Å²) in [5.74, 6) is 1.80. The van der Waals surface area contributed by atoms with Crippen molar-refractivity contribution >= 4 is 0 Å². The van der Waals surface area contributed by atoms with Gasteiger partial charge in [-0.05, 0) is 74.1 Å². The van der Waals surface area contributed by atoms with Crippen LogP contribution in [0, 0.1) is 5.92 Å². The third-order valence-electron chi connectivity index (χ3n) is 4.67. The Morgan fingerprint density at radius 1 is 1.11 bits per heavy atom. The normalized spacial score (nSPS) is 30.7. The molecule has 0 radical (unpaired) electrons. The van der Waals surface area contributed by atoms with Crippen LogP contribution in [-0.4, -0.2) is 11.2 Å². The first-order valence-corrected chi connectivity index (χ1v) is 7.70. The molecule has 2 aliphatic carbocycles. The Kier molecular flexibility index (Phi) is 3.79. The predicted octanol–water partition coefficient (Wildman–Crippen LogP) is 4.01. The van der Waals surface area contributed by atoms with E-state index in [0.29, 0.717) is 6.10 Å². The van der Waals surface area contributed by atoms with Crippen LogP contribution in [0.3, 0.4) is 0 Å². The molecule has 0 heterocycles. The lowest BCUT2D eigenvalue weighted by atomic mass is 9.88. The van der Waals surface area contributed by atoms with E-state index in [9.17, 15) is 5.11 Å². The van der Waals surface area contributed by atoms with Gasteiger partial charge in [0.15, 0.2) is 0 Å². The molecule has 1 unspecified atom stereocenters. The second-order valence-electron chi connectivity index (χ2n) is 6.27. The molecule has 0 bridgehead atoms. The second-order valence-corrected chi connectivity index (χ2v) is 6.27. The Labute approximate surface area is 115 Å². The molecule has 1 fully saturated rings. The van der Waals surface area contributed by atoms with Crippen LogP contribution < -0.4 is 4.74 Å². The van der Waals surface area contributed by atoms with Gasteiger partial charge in [0, 0.05) is 0 Å². The molecule has 1 N–H and O–H groups in total. The van der Waals surface area contributed by atoms with Crippen molar-refractivity contribution in [1.29, 1.82) is 0 Å². The summed E-state index contributed by atoms with van der Waals surface area (Å²) in [7, 11) is 0. The maximum Gasteiger partial charge on any atom is 0.120 e. The molecule has 2 heteroatoms. The molecule has 1 atom stereocenters. The fraction of sp³-hybridized carbons (Fsp3) is 0.647. The van der Waals surface area contributed by atoms with Crippen LogP contribution in [0.25, 0.3) is 0 Å². The van der Waals surface area contributed by atoms with Gasteiger partial charge in [-0.25, -0.2) is 0 Å². The maximum absolute atomic E-state index is 10.1. The van der Waals surface area contributed by atoms with E-state index in [1.807, 2.05) is 0 Å². The second kappa shape index (κ2) is 5.54. The summed E-state index contributed by atoms with van der Waals surface area (Å²) in [5, 5.41) is 10.1. The predicted molar refractivity (Wildman–Crippen MR) is 76.4 cm³/mol. The number of aliphatic hydroxyl groups excluding tert-OH is 1. The first kappa shape index (κ1) is 13.0. The number of hydrogen-bond acceptors (Lipinski definition) is 2. The van der Waals surface area contributed by atoms with Crippen LogP contribution in [0.5, 0.6) is 5.75 Å². The lowest BCUT2D eigenvalue weighted by Crippen LogP contribution is -2.23. The lowest BCUT2D eigenvalue weighted by molar-refractivity contribution is 0.132. The summed E-state index contributed by atoms with van der Waals surface area (Å²) in [6.45, 7) is 2.32. The molecular weight excluding hydrogens is 236 g/mol. The third-order valence-corrected chi connectivity index (χ3v) is 4.67. The summed E-state index contributed by atoms with van der Waals surface area (Å²) in [5.41, 5.74) is 2.39. The maximum atomic E-state index is 10.1. The van der Waals surface area contributed by atoms with Gasteiger partial charge < -0.3 is 9.84 Å². The van der Waals surface area contributed by atoms with Gasteiger partial charge in [0.1, 0.15) is 5.75 Å². The molecule has 0 aliphatic heterocycles. The van der Waals surface area contributed by atoms with Crippen molar-refractivity contribution in [3.63, 3.8) is 0 Å². The Morgan fingerprint density at radius 3 is 2.68 bits per heavy atom. The molecule has 0 spiro atoms. The van der Waals surface area contributed by atoms with E-state index in [-0.39, 0.29) is 6.10 Å². The monoisotopic (exact) mass is 260 g/mol. The Balaban J connectivity index is 1.70. The van der Waals surface area contributed by atoms with Crippen LogP contribution in [-0.2, 0) is 6.42 Å². The molecular formula is C17H24O2. The first-order chi connectivity index (χ1) is 9.22. The van der Waals surface area contributed by atoms with Gasteiger partial charge in [-0.3, -0.25) is 0 Å². The van der Waals surface area contributed by atoms with Crippen molar-refractivity contribution < 1.29 is 9.84 Å². The van der Waals surface area contributed by atoms with Gasteiger partial charge in [-0.15, -0.1) is 0 Å². The highest BCUT2D eigenvalue weighted by Crippen LogP contribution is 2.33. The van der Waals surface area contributed by atoms with Crippen LogP contribution in [0.1, 0.15) is 62.7 Å². The molecule has 2 aliphatic rings. The summed E-state index contributed by atoms with van der Waals surface area (Å²) in [4.78, 5) is 0. The Hall–Kier alpha value is -1.02. The van der Waals surface area contributed by atoms with Gasteiger partial charge >= 0.3 is 0 Å². The minimum atomic E-state index is -0.293. The molecule has 3 rings (SSSR count). The number of benzene rings is 1. The SMILES string of the molecule is CC1CCC(Oc2ccc3c(c2)C(O)CCC3)CC1. The molecule has 104 valence electrons. The zero-order chi connectivity index (χ0) is 13.2. The lowest BCUT2D eigenvalue weighted by Gasteiger charge is -2.28. The van der Waals surface area contributed by atoms with Gasteiger partial charge in [0.05, 0.1) is 12.2 Å². The Morgan fingerprint density at radius 2 is 1.89 bits per heavy atom. The van der Waals surface area contributed by atoms with Gasteiger partial charge in [0.25, 0.3) is 0 Å². The number of fused-ring (bicyclic) bond motifs is 1. The van der Waals surface area contributed by atoms with Crippen molar-refractivity contribution in [1.82, 2.24) is 0 Å². The fourth-order valence-corrected chi connectivity index (χ4v) is 3.37. The quantitative estimate of drug-likeness (QED) is 0.870. The summed E-state index contributed by atoms with van der Waals surface area (Å²) in [6, 6.07) is 6.28. The average molecular weight is 260 g/mol.